The summed E-state index contributed by atoms with van der Waals surface area (Å²) in [7, 11) is -3.58. The summed E-state index contributed by atoms with van der Waals surface area (Å²) in [4.78, 5) is 12.8. The molecular weight excluding hydrogens is 428 g/mol. The van der Waals surface area contributed by atoms with E-state index in [1.54, 1.807) is 42.5 Å². The number of nitrogens with zero attached hydrogens (tertiary/aromatic N) is 1. The highest BCUT2D eigenvalue weighted by atomic mass is 35.5. The number of hydrogen-bond donors (Lipinski definition) is 1. The zero-order valence-corrected chi connectivity index (χ0v) is 17.9. The van der Waals surface area contributed by atoms with Crippen molar-refractivity contribution < 1.29 is 22.7 Å². The molecule has 0 spiro atoms. The third kappa shape index (κ3) is 4.71. The van der Waals surface area contributed by atoms with Gasteiger partial charge in [0.15, 0.2) is 11.5 Å². The number of amides is 1. The second kappa shape index (κ2) is 8.83. The SMILES string of the molecule is O=C(Nc1ccc2c(c1)OCCO2)C1CCCN(S(=O)(=O)Cc2ccccc2Cl)C1. The van der Waals surface area contributed by atoms with Crippen LogP contribution in [0.5, 0.6) is 11.5 Å². The molecule has 30 heavy (non-hydrogen) atoms. The van der Waals surface area contributed by atoms with Crippen molar-refractivity contribution in [2.24, 2.45) is 5.92 Å². The van der Waals surface area contributed by atoms with Gasteiger partial charge in [0, 0.05) is 29.9 Å². The molecule has 2 heterocycles. The summed E-state index contributed by atoms with van der Waals surface area (Å²) in [6, 6.07) is 12.1. The number of piperidine rings is 1. The van der Waals surface area contributed by atoms with Crippen LogP contribution in [0.2, 0.25) is 5.02 Å². The maximum Gasteiger partial charge on any atom is 0.228 e. The third-order valence-corrected chi connectivity index (χ3v) is 7.42. The Bertz CT molecular complexity index is 1040. The summed E-state index contributed by atoms with van der Waals surface area (Å²) < 4.78 is 38.2. The van der Waals surface area contributed by atoms with E-state index in [0.29, 0.717) is 60.4 Å². The first kappa shape index (κ1) is 21.0. The fraction of sp³-hybridized carbons (Fsp3) is 0.381. The second-order valence-electron chi connectivity index (χ2n) is 7.39. The van der Waals surface area contributed by atoms with E-state index in [4.69, 9.17) is 21.1 Å². The molecule has 1 fully saturated rings. The molecule has 0 radical (unpaired) electrons. The number of ether oxygens (including phenoxy) is 2. The summed E-state index contributed by atoms with van der Waals surface area (Å²) in [5, 5.41) is 3.30. The zero-order valence-electron chi connectivity index (χ0n) is 16.3. The van der Waals surface area contributed by atoms with Crippen LogP contribution in [0.4, 0.5) is 5.69 Å². The Kier molecular flexibility index (Phi) is 6.17. The van der Waals surface area contributed by atoms with E-state index in [1.807, 2.05) is 0 Å². The summed E-state index contributed by atoms with van der Waals surface area (Å²) in [6.45, 7) is 1.52. The number of halogens is 1. The zero-order chi connectivity index (χ0) is 21.1. The number of sulfonamides is 1. The van der Waals surface area contributed by atoms with Crippen LogP contribution in [-0.2, 0) is 20.6 Å². The van der Waals surface area contributed by atoms with Gasteiger partial charge in [-0.25, -0.2) is 12.7 Å². The molecule has 1 unspecified atom stereocenters. The molecule has 2 aliphatic rings. The Labute approximate surface area is 181 Å². The van der Waals surface area contributed by atoms with E-state index >= 15 is 0 Å². The summed E-state index contributed by atoms with van der Waals surface area (Å²) in [6.07, 6.45) is 1.26. The van der Waals surface area contributed by atoms with Crippen LogP contribution in [0, 0.1) is 5.92 Å². The van der Waals surface area contributed by atoms with Gasteiger partial charge in [0.05, 0.1) is 11.7 Å². The van der Waals surface area contributed by atoms with Crippen molar-refractivity contribution in [3.8, 4) is 11.5 Å². The summed E-state index contributed by atoms with van der Waals surface area (Å²) in [5.74, 6) is 0.432. The number of nitrogens with one attached hydrogen (secondary N) is 1. The van der Waals surface area contributed by atoms with E-state index in [1.165, 1.54) is 4.31 Å². The van der Waals surface area contributed by atoms with Crippen molar-refractivity contribution in [1.29, 1.82) is 0 Å². The highest BCUT2D eigenvalue weighted by Crippen LogP contribution is 2.33. The molecule has 2 aromatic rings. The fourth-order valence-electron chi connectivity index (χ4n) is 3.68. The number of rotatable bonds is 5. The van der Waals surface area contributed by atoms with Gasteiger partial charge in [-0.1, -0.05) is 29.8 Å². The number of anilines is 1. The molecule has 0 aliphatic carbocycles. The topological polar surface area (TPSA) is 84.9 Å². The largest absolute Gasteiger partial charge is 0.486 e. The fourth-order valence-corrected chi connectivity index (χ4v) is 5.60. The average Bonchev–Trinajstić information content (AvgIpc) is 2.75. The lowest BCUT2D eigenvalue weighted by Gasteiger charge is -2.31. The van der Waals surface area contributed by atoms with E-state index in [9.17, 15) is 13.2 Å². The van der Waals surface area contributed by atoms with Gasteiger partial charge in [-0.2, -0.15) is 0 Å². The molecule has 160 valence electrons. The van der Waals surface area contributed by atoms with E-state index in [0.717, 1.165) is 0 Å². The van der Waals surface area contributed by atoms with Crippen molar-refractivity contribution in [1.82, 2.24) is 4.31 Å². The Morgan fingerprint density at radius 2 is 1.90 bits per heavy atom. The van der Waals surface area contributed by atoms with Crippen LogP contribution in [0.25, 0.3) is 0 Å². The van der Waals surface area contributed by atoms with Gasteiger partial charge in [-0.15, -0.1) is 0 Å². The van der Waals surface area contributed by atoms with Crippen molar-refractivity contribution in [2.45, 2.75) is 18.6 Å². The Balaban J connectivity index is 1.42. The minimum atomic E-state index is -3.58. The number of benzene rings is 2. The highest BCUT2D eigenvalue weighted by Gasteiger charge is 2.33. The maximum absolute atomic E-state index is 12.9. The first-order valence-corrected chi connectivity index (χ1v) is 11.8. The van der Waals surface area contributed by atoms with Crippen LogP contribution in [0.1, 0.15) is 18.4 Å². The van der Waals surface area contributed by atoms with Crippen molar-refractivity contribution >= 4 is 33.2 Å². The van der Waals surface area contributed by atoms with Gasteiger partial charge in [-0.3, -0.25) is 4.79 Å². The second-order valence-corrected chi connectivity index (χ2v) is 9.77. The first-order valence-electron chi connectivity index (χ1n) is 9.84. The van der Waals surface area contributed by atoms with Gasteiger partial charge < -0.3 is 14.8 Å². The number of hydrogen-bond acceptors (Lipinski definition) is 5. The molecule has 2 aromatic carbocycles. The Morgan fingerprint density at radius 3 is 2.70 bits per heavy atom. The van der Waals surface area contributed by atoms with Crippen LogP contribution >= 0.6 is 11.6 Å². The molecule has 4 rings (SSSR count). The van der Waals surface area contributed by atoms with Crippen LogP contribution in [0.15, 0.2) is 42.5 Å². The first-order chi connectivity index (χ1) is 14.4. The van der Waals surface area contributed by atoms with Crippen molar-refractivity contribution in [3.05, 3.63) is 53.1 Å². The van der Waals surface area contributed by atoms with Gasteiger partial charge in [0.25, 0.3) is 0 Å². The molecule has 1 N–H and O–H groups in total. The number of carbonyl (C=O) groups is 1. The summed E-state index contributed by atoms with van der Waals surface area (Å²) in [5.41, 5.74) is 1.15. The minimum Gasteiger partial charge on any atom is -0.486 e. The van der Waals surface area contributed by atoms with E-state index in [2.05, 4.69) is 5.32 Å². The lowest BCUT2D eigenvalue weighted by Crippen LogP contribution is -2.44. The predicted octanol–water partition coefficient (Wildman–Crippen LogP) is 3.29. The molecule has 9 heteroatoms. The van der Waals surface area contributed by atoms with Gasteiger partial charge >= 0.3 is 0 Å². The third-order valence-electron chi connectivity index (χ3n) is 5.25. The molecule has 0 saturated carbocycles. The average molecular weight is 451 g/mol. The van der Waals surface area contributed by atoms with Crippen LogP contribution in [-0.4, -0.2) is 44.9 Å². The normalized spacial score (nSPS) is 19.3. The summed E-state index contributed by atoms with van der Waals surface area (Å²) >= 11 is 6.12. The van der Waals surface area contributed by atoms with Crippen LogP contribution in [0.3, 0.4) is 0 Å². The van der Waals surface area contributed by atoms with Gasteiger partial charge in [0.2, 0.25) is 15.9 Å². The van der Waals surface area contributed by atoms with E-state index in [-0.39, 0.29) is 18.2 Å². The molecule has 2 aliphatic heterocycles. The van der Waals surface area contributed by atoms with Crippen molar-refractivity contribution in [3.63, 3.8) is 0 Å². The maximum atomic E-state index is 12.9. The van der Waals surface area contributed by atoms with Gasteiger partial charge in [-0.05, 0) is 36.6 Å². The standard InChI is InChI=1S/C21H23ClN2O5S/c22-18-6-2-1-4-16(18)14-30(26,27)24-9-3-5-15(13-24)21(25)23-17-7-8-19-20(12-17)29-11-10-28-19/h1-2,4,6-8,12,15H,3,5,9-11,13-14H2,(H,23,25). The number of carbonyl (C=O) groups excluding carboxylic acids is 1. The molecular formula is C21H23ClN2O5S. The highest BCUT2D eigenvalue weighted by molar-refractivity contribution is 7.88. The molecule has 1 saturated heterocycles. The quantitative estimate of drug-likeness (QED) is 0.755. The molecule has 1 amide bonds. The lowest BCUT2D eigenvalue weighted by atomic mass is 9.98. The molecule has 0 bridgehead atoms. The lowest BCUT2D eigenvalue weighted by molar-refractivity contribution is -0.120. The molecule has 1 atom stereocenters. The van der Waals surface area contributed by atoms with Crippen LogP contribution < -0.4 is 14.8 Å². The Hall–Kier alpha value is -2.29. The molecule has 0 aromatic heterocycles. The molecule has 7 nitrogen and oxygen atoms in total. The Morgan fingerprint density at radius 1 is 1.13 bits per heavy atom. The van der Waals surface area contributed by atoms with E-state index < -0.39 is 15.9 Å². The number of fused-ring (bicyclic) bond motifs is 1. The monoisotopic (exact) mass is 450 g/mol. The minimum absolute atomic E-state index is 0.156. The smallest absolute Gasteiger partial charge is 0.228 e. The predicted molar refractivity (Wildman–Crippen MR) is 114 cm³/mol. The van der Waals surface area contributed by atoms with Gasteiger partial charge in [0.1, 0.15) is 13.2 Å². The van der Waals surface area contributed by atoms with Crippen molar-refractivity contribution in [2.75, 3.05) is 31.6 Å².